The smallest absolute Gasteiger partial charge is 0.328 e. The molecule has 0 aliphatic heterocycles. The van der Waals surface area contributed by atoms with Gasteiger partial charge < -0.3 is 5.11 Å². The Hall–Kier alpha value is -1.61. The van der Waals surface area contributed by atoms with Gasteiger partial charge in [0.25, 0.3) is 0 Å². The topological polar surface area (TPSA) is 40.5 Å². The molecule has 0 spiro atoms. The number of benzene rings is 1. The molecule has 1 N–H and O–H groups in total. The maximum absolute atomic E-state index is 11.4. The van der Waals surface area contributed by atoms with Crippen LogP contribution in [0.3, 0.4) is 0 Å². The summed E-state index contributed by atoms with van der Waals surface area (Å²) in [5.74, 6) is -0.878. The molecule has 0 heterocycles. The Bertz CT molecular complexity index is 373. The first-order valence-electron chi connectivity index (χ1n) is 5.11. The number of hydrogen-bond donors (Lipinski definition) is 1. The van der Waals surface area contributed by atoms with Gasteiger partial charge in [-0.3, -0.25) is 4.90 Å². The molecule has 0 fully saturated rings. The first-order valence-corrected chi connectivity index (χ1v) is 5.11. The van der Waals surface area contributed by atoms with Gasteiger partial charge >= 0.3 is 5.97 Å². The van der Waals surface area contributed by atoms with Gasteiger partial charge in [-0.2, -0.15) is 0 Å². The van der Waals surface area contributed by atoms with E-state index < -0.39 is 11.5 Å². The average molecular weight is 219 g/mol. The first kappa shape index (κ1) is 12.5. The van der Waals surface area contributed by atoms with Gasteiger partial charge in [-0.1, -0.05) is 36.4 Å². The third-order valence-electron chi connectivity index (χ3n) is 2.82. The van der Waals surface area contributed by atoms with Crippen LogP contribution in [0.5, 0.6) is 0 Å². The van der Waals surface area contributed by atoms with Crippen LogP contribution in [0, 0.1) is 0 Å². The van der Waals surface area contributed by atoms with E-state index >= 15 is 0 Å². The lowest BCUT2D eigenvalue weighted by Crippen LogP contribution is -2.51. The van der Waals surface area contributed by atoms with Crippen molar-refractivity contribution in [2.75, 3.05) is 14.1 Å². The zero-order chi connectivity index (χ0) is 12.2. The quantitative estimate of drug-likeness (QED) is 0.768. The molecule has 0 aromatic heterocycles. The number of rotatable bonds is 5. The molecule has 0 bridgehead atoms. The third-order valence-corrected chi connectivity index (χ3v) is 2.82. The van der Waals surface area contributed by atoms with Gasteiger partial charge in [0, 0.05) is 6.42 Å². The van der Waals surface area contributed by atoms with Crippen LogP contribution in [0.25, 0.3) is 0 Å². The summed E-state index contributed by atoms with van der Waals surface area (Å²) in [7, 11) is 3.50. The number of aliphatic carboxylic acids is 1. The second kappa shape index (κ2) is 4.94. The van der Waals surface area contributed by atoms with Crippen LogP contribution in [0.15, 0.2) is 43.0 Å². The van der Waals surface area contributed by atoms with Crippen LogP contribution >= 0.6 is 0 Å². The second-order valence-corrected chi connectivity index (χ2v) is 3.99. The zero-order valence-electron chi connectivity index (χ0n) is 9.68. The molecule has 1 rings (SSSR count). The molecule has 0 aliphatic rings. The predicted octanol–water partition coefficient (Wildman–Crippen LogP) is 1.80. The Morgan fingerprint density at radius 2 is 2.00 bits per heavy atom. The van der Waals surface area contributed by atoms with Crippen molar-refractivity contribution in [1.82, 2.24) is 4.90 Å². The van der Waals surface area contributed by atoms with Gasteiger partial charge in [0.2, 0.25) is 0 Å². The Kier molecular flexibility index (Phi) is 3.85. The van der Waals surface area contributed by atoms with Crippen molar-refractivity contribution < 1.29 is 9.90 Å². The highest BCUT2D eigenvalue weighted by atomic mass is 16.4. The zero-order valence-corrected chi connectivity index (χ0v) is 9.68. The minimum Gasteiger partial charge on any atom is -0.480 e. The monoisotopic (exact) mass is 219 g/mol. The fourth-order valence-corrected chi connectivity index (χ4v) is 1.67. The first-order chi connectivity index (χ1) is 7.53. The molecule has 3 nitrogen and oxygen atoms in total. The normalized spacial score (nSPS) is 14.4. The van der Waals surface area contributed by atoms with E-state index in [4.69, 9.17) is 0 Å². The maximum Gasteiger partial charge on any atom is 0.328 e. The lowest BCUT2D eigenvalue weighted by Gasteiger charge is -2.33. The fraction of sp³-hybridized carbons (Fsp3) is 0.308. The highest BCUT2D eigenvalue weighted by molar-refractivity contribution is 5.81. The molecule has 0 saturated heterocycles. The number of carboxylic acid groups (broad SMARTS) is 1. The summed E-state index contributed by atoms with van der Waals surface area (Å²) in [6.07, 6.45) is 1.90. The standard InChI is InChI=1S/C13H17NO2/c1-4-13(12(15)16,14(2)3)10-11-8-6-5-7-9-11/h4-9H,1,10H2,2-3H3,(H,15,16)/t13-/m0/s1. The summed E-state index contributed by atoms with van der Waals surface area (Å²) >= 11 is 0. The van der Waals surface area contributed by atoms with Crippen molar-refractivity contribution in [2.45, 2.75) is 12.0 Å². The van der Waals surface area contributed by atoms with E-state index in [0.29, 0.717) is 6.42 Å². The van der Waals surface area contributed by atoms with E-state index in [0.717, 1.165) is 5.56 Å². The van der Waals surface area contributed by atoms with Crippen LogP contribution < -0.4 is 0 Å². The van der Waals surface area contributed by atoms with E-state index in [1.54, 1.807) is 19.0 Å². The number of carbonyl (C=O) groups is 1. The molecule has 0 aliphatic carbocycles. The summed E-state index contributed by atoms with van der Waals surface area (Å²) in [5, 5.41) is 9.34. The lowest BCUT2D eigenvalue weighted by molar-refractivity contribution is -0.146. The molecule has 0 saturated carbocycles. The number of hydrogen-bond acceptors (Lipinski definition) is 2. The van der Waals surface area contributed by atoms with E-state index in [1.165, 1.54) is 6.08 Å². The average Bonchev–Trinajstić information content (AvgIpc) is 2.26. The minimum absolute atomic E-state index is 0.416. The molecular formula is C13H17NO2. The highest BCUT2D eigenvalue weighted by Crippen LogP contribution is 2.20. The van der Waals surface area contributed by atoms with Gasteiger partial charge in [0.15, 0.2) is 0 Å². The number of carboxylic acids is 1. The van der Waals surface area contributed by atoms with Crippen molar-refractivity contribution in [3.8, 4) is 0 Å². The van der Waals surface area contributed by atoms with Gasteiger partial charge in [0.1, 0.15) is 5.54 Å². The largest absolute Gasteiger partial charge is 0.480 e. The van der Waals surface area contributed by atoms with Crippen LogP contribution in [0.1, 0.15) is 5.56 Å². The Morgan fingerprint density at radius 3 is 2.38 bits per heavy atom. The molecule has 86 valence electrons. The Morgan fingerprint density at radius 1 is 1.44 bits per heavy atom. The summed E-state index contributed by atoms with van der Waals surface area (Å²) in [6.45, 7) is 3.65. The molecule has 3 heteroatoms. The summed E-state index contributed by atoms with van der Waals surface area (Å²) in [5.41, 5.74) is -0.0556. The van der Waals surface area contributed by atoms with Gasteiger partial charge in [0.05, 0.1) is 0 Å². The lowest BCUT2D eigenvalue weighted by atomic mass is 9.89. The van der Waals surface area contributed by atoms with E-state index in [9.17, 15) is 9.90 Å². The van der Waals surface area contributed by atoms with Gasteiger partial charge in [-0.25, -0.2) is 4.79 Å². The summed E-state index contributed by atoms with van der Waals surface area (Å²) < 4.78 is 0. The van der Waals surface area contributed by atoms with Crippen molar-refractivity contribution >= 4 is 5.97 Å². The van der Waals surface area contributed by atoms with Gasteiger partial charge in [-0.15, -0.1) is 6.58 Å². The highest BCUT2D eigenvalue weighted by Gasteiger charge is 2.37. The van der Waals surface area contributed by atoms with Crippen molar-refractivity contribution in [3.63, 3.8) is 0 Å². The number of nitrogens with zero attached hydrogens (tertiary/aromatic N) is 1. The molecular weight excluding hydrogens is 202 g/mol. The molecule has 1 atom stereocenters. The van der Waals surface area contributed by atoms with Crippen molar-refractivity contribution in [3.05, 3.63) is 48.6 Å². The Labute approximate surface area is 96.0 Å². The SMILES string of the molecule is C=C[C@](Cc1ccccc1)(C(=O)O)N(C)C. The number of likely N-dealkylation sites (N-methyl/N-ethyl adjacent to an activating group) is 1. The van der Waals surface area contributed by atoms with Crippen LogP contribution in [-0.2, 0) is 11.2 Å². The molecule has 16 heavy (non-hydrogen) atoms. The van der Waals surface area contributed by atoms with Crippen LogP contribution in [0.4, 0.5) is 0 Å². The molecule has 0 amide bonds. The predicted molar refractivity (Wildman–Crippen MR) is 64.4 cm³/mol. The fourth-order valence-electron chi connectivity index (χ4n) is 1.67. The van der Waals surface area contributed by atoms with E-state index in [-0.39, 0.29) is 0 Å². The maximum atomic E-state index is 11.4. The molecule has 0 unspecified atom stereocenters. The van der Waals surface area contributed by atoms with E-state index in [2.05, 4.69) is 6.58 Å². The Balaban J connectivity index is 3.04. The third kappa shape index (κ3) is 2.31. The summed E-state index contributed by atoms with van der Waals surface area (Å²) in [6, 6.07) is 9.56. The van der Waals surface area contributed by atoms with Crippen LogP contribution in [0.2, 0.25) is 0 Å². The second-order valence-electron chi connectivity index (χ2n) is 3.99. The van der Waals surface area contributed by atoms with Crippen molar-refractivity contribution in [1.29, 1.82) is 0 Å². The minimum atomic E-state index is -1.04. The molecule has 1 aromatic carbocycles. The van der Waals surface area contributed by atoms with Crippen LogP contribution in [-0.4, -0.2) is 35.6 Å². The van der Waals surface area contributed by atoms with Gasteiger partial charge in [-0.05, 0) is 19.7 Å². The van der Waals surface area contributed by atoms with Crippen molar-refractivity contribution in [2.24, 2.45) is 0 Å². The molecule has 0 radical (unpaired) electrons. The molecule has 1 aromatic rings. The van der Waals surface area contributed by atoms with E-state index in [1.807, 2.05) is 30.3 Å². The summed E-state index contributed by atoms with van der Waals surface area (Å²) in [4.78, 5) is 13.1.